The summed E-state index contributed by atoms with van der Waals surface area (Å²) in [4.78, 5) is 21.4. The van der Waals surface area contributed by atoms with Crippen LogP contribution in [0.1, 0.15) is 11.1 Å². The van der Waals surface area contributed by atoms with Crippen molar-refractivity contribution in [2.45, 2.75) is 13.8 Å². The summed E-state index contributed by atoms with van der Waals surface area (Å²) in [5.41, 5.74) is 2.88. The Morgan fingerprint density at radius 3 is 2.48 bits per heavy atom. The zero-order valence-corrected chi connectivity index (χ0v) is 19.3. The number of thiazole rings is 1. The second-order valence-corrected chi connectivity index (χ2v) is 8.33. The van der Waals surface area contributed by atoms with Crippen molar-refractivity contribution in [3.63, 3.8) is 0 Å². The van der Waals surface area contributed by atoms with Gasteiger partial charge < -0.3 is 9.64 Å². The van der Waals surface area contributed by atoms with E-state index in [2.05, 4.69) is 0 Å². The summed E-state index contributed by atoms with van der Waals surface area (Å²) < 4.78 is 6.68. The molecule has 0 aliphatic heterocycles. The van der Waals surface area contributed by atoms with E-state index in [1.165, 1.54) is 11.3 Å². The summed E-state index contributed by atoms with van der Waals surface area (Å²) in [6.45, 7) is 5.16. The van der Waals surface area contributed by atoms with Crippen LogP contribution < -0.4 is 9.64 Å². The highest BCUT2D eigenvalue weighted by Gasteiger charge is 2.22. The Morgan fingerprint density at radius 2 is 1.83 bits per heavy atom. The molecule has 0 saturated carbocycles. The number of hydrogen-bond donors (Lipinski definition) is 0. The maximum absolute atomic E-state index is 13.0. The van der Waals surface area contributed by atoms with E-state index in [0.29, 0.717) is 22.4 Å². The highest BCUT2D eigenvalue weighted by Crippen LogP contribution is 2.35. The number of likely N-dealkylation sites (N-methyl/N-ethyl adjacent to an activating group) is 1. The van der Waals surface area contributed by atoms with Crippen molar-refractivity contribution in [3.8, 4) is 5.75 Å². The van der Waals surface area contributed by atoms with Crippen molar-refractivity contribution in [1.82, 2.24) is 9.88 Å². The molecule has 156 valence electrons. The second-order valence-electron chi connectivity index (χ2n) is 6.94. The Balaban J connectivity index is 0.00000300. The summed E-state index contributed by atoms with van der Waals surface area (Å²) in [6.07, 6.45) is 0. The van der Waals surface area contributed by atoms with Crippen molar-refractivity contribution in [1.29, 1.82) is 0 Å². The molecule has 0 aliphatic rings. The highest BCUT2D eigenvalue weighted by molar-refractivity contribution is 7.23. The van der Waals surface area contributed by atoms with Crippen LogP contribution in [0.5, 0.6) is 5.75 Å². The van der Waals surface area contributed by atoms with Crippen LogP contribution in [0.4, 0.5) is 5.13 Å². The third kappa shape index (κ3) is 5.60. The fourth-order valence-corrected chi connectivity index (χ4v) is 4.13. The van der Waals surface area contributed by atoms with Crippen molar-refractivity contribution < 1.29 is 9.53 Å². The number of rotatable bonds is 7. The summed E-state index contributed by atoms with van der Waals surface area (Å²) in [6, 6.07) is 11.5. The van der Waals surface area contributed by atoms with Gasteiger partial charge in [-0.05, 0) is 51.2 Å². The largest absolute Gasteiger partial charge is 0.483 e. The van der Waals surface area contributed by atoms with Gasteiger partial charge in [0.25, 0.3) is 5.91 Å². The van der Waals surface area contributed by atoms with Gasteiger partial charge in [0, 0.05) is 13.1 Å². The predicted molar refractivity (Wildman–Crippen MR) is 124 cm³/mol. The minimum atomic E-state index is -0.127. The molecular weight excluding hydrogens is 429 g/mol. The molecule has 0 bridgehead atoms. The number of hydrogen-bond acceptors (Lipinski definition) is 5. The van der Waals surface area contributed by atoms with Gasteiger partial charge in [0.2, 0.25) is 0 Å². The number of fused-ring (bicyclic) bond motifs is 1. The number of ether oxygens (including phenoxy) is 1. The molecule has 2 aromatic carbocycles. The number of aromatic nitrogens is 1. The average molecular weight is 454 g/mol. The van der Waals surface area contributed by atoms with Crippen molar-refractivity contribution >= 4 is 56.6 Å². The number of para-hydroxylation sites is 1. The van der Waals surface area contributed by atoms with Crippen LogP contribution in [0.2, 0.25) is 5.02 Å². The summed E-state index contributed by atoms with van der Waals surface area (Å²) >= 11 is 7.79. The zero-order chi connectivity index (χ0) is 20.3. The lowest BCUT2D eigenvalue weighted by molar-refractivity contribution is -0.120. The van der Waals surface area contributed by atoms with Crippen LogP contribution in [0.15, 0.2) is 36.4 Å². The van der Waals surface area contributed by atoms with Gasteiger partial charge >= 0.3 is 0 Å². The van der Waals surface area contributed by atoms with Gasteiger partial charge in [-0.3, -0.25) is 9.69 Å². The molecule has 29 heavy (non-hydrogen) atoms. The molecule has 1 amide bonds. The first-order valence-corrected chi connectivity index (χ1v) is 10.3. The molecule has 0 atom stereocenters. The fourth-order valence-electron chi connectivity index (χ4n) is 2.77. The molecule has 0 N–H and O–H groups in total. The molecule has 5 nitrogen and oxygen atoms in total. The summed E-state index contributed by atoms with van der Waals surface area (Å²) in [5, 5.41) is 1.30. The molecule has 3 aromatic rings. The van der Waals surface area contributed by atoms with Crippen LogP contribution in [0.3, 0.4) is 0 Å². The fraction of sp³-hybridized carbons (Fsp3) is 0.333. The zero-order valence-electron chi connectivity index (χ0n) is 16.9. The van der Waals surface area contributed by atoms with Gasteiger partial charge in [0.15, 0.2) is 11.7 Å². The van der Waals surface area contributed by atoms with Crippen molar-refractivity contribution in [2.24, 2.45) is 0 Å². The number of carbonyl (C=O) groups excluding carboxylic acids is 1. The Kier molecular flexibility index (Phi) is 8.28. The SMILES string of the molecule is Cc1ccccc1OCC(=O)N(CCN(C)C)c1nc2c(C)ccc(Cl)c2s1.Cl. The molecule has 0 spiro atoms. The number of anilines is 1. The quantitative estimate of drug-likeness (QED) is 0.506. The van der Waals surface area contributed by atoms with Crippen LogP contribution in [-0.2, 0) is 4.79 Å². The molecule has 1 heterocycles. The number of amides is 1. The smallest absolute Gasteiger partial charge is 0.266 e. The van der Waals surface area contributed by atoms with E-state index < -0.39 is 0 Å². The molecule has 0 radical (unpaired) electrons. The van der Waals surface area contributed by atoms with E-state index in [4.69, 9.17) is 21.3 Å². The minimum Gasteiger partial charge on any atom is -0.483 e. The first-order chi connectivity index (χ1) is 13.4. The van der Waals surface area contributed by atoms with E-state index in [0.717, 1.165) is 27.9 Å². The lowest BCUT2D eigenvalue weighted by Gasteiger charge is -2.22. The van der Waals surface area contributed by atoms with E-state index in [1.807, 2.05) is 69.2 Å². The van der Waals surface area contributed by atoms with E-state index in [1.54, 1.807) is 4.90 Å². The molecule has 0 saturated heterocycles. The van der Waals surface area contributed by atoms with Crippen molar-refractivity contribution in [3.05, 3.63) is 52.5 Å². The topological polar surface area (TPSA) is 45.7 Å². The number of aryl methyl sites for hydroxylation is 2. The first-order valence-electron chi connectivity index (χ1n) is 9.06. The second kappa shape index (κ2) is 10.3. The molecule has 1 aromatic heterocycles. The van der Waals surface area contributed by atoms with Crippen LogP contribution >= 0.6 is 35.3 Å². The van der Waals surface area contributed by atoms with Gasteiger partial charge in [0.1, 0.15) is 5.75 Å². The Hall–Kier alpha value is -1.86. The molecule has 3 rings (SSSR count). The lowest BCUT2D eigenvalue weighted by atomic mass is 10.2. The third-order valence-corrected chi connectivity index (χ3v) is 5.97. The minimum absolute atomic E-state index is 0. The maximum Gasteiger partial charge on any atom is 0.266 e. The molecule has 0 unspecified atom stereocenters. The van der Waals surface area contributed by atoms with E-state index >= 15 is 0 Å². The van der Waals surface area contributed by atoms with Gasteiger partial charge in [-0.2, -0.15) is 0 Å². The van der Waals surface area contributed by atoms with E-state index in [-0.39, 0.29) is 24.9 Å². The summed E-state index contributed by atoms with van der Waals surface area (Å²) in [5.74, 6) is 0.588. The number of benzene rings is 2. The Morgan fingerprint density at radius 1 is 1.10 bits per heavy atom. The summed E-state index contributed by atoms with van der Waals surface area (Å²) in [7, 11) is 3.96. The number of halogens is 2. The molecule has 0 fully saturated rings. The van der Waals surface area contributed by atoms with Crippen LogP contribution in [-0.4, -0.2) is 49.6 Å². The lowest BCUT2D eigenvalue weighted by Crippen LogP contribution is -2.39. The normalized spacial score (nSPS) is 10.8. The number of carbonyl (C=O) groups is 1. The number of nitrogens with zero attached hydrogens (tertiary/aromatic N) is 3. The van der Waals surface area contributed by atoms with Crippen LogP contribution in [0.25, 0.3) is 10.2 Å². The van der Waals surface area contributed by atoms with Gasteiger partial charge in [-0.25, -0.2) is 4.98 Å². The van der Waals surface area contributed by atoms with Gasteiger partial charge in [-0.1, -0.05) is 47.2 Å². The average Bonchev–Trinajstić information content (AvgIpc) is 3.10. The van der Waals surface area contributed by atoms with E-state index in [9.17, 15) is 4.79 Å². The predicted octanol–water partition coefficient (Wildman–Crippen LogP) is 4.96. The van der Waals surface area contributed by atoms with Crippen LogP contribution in [0, 0.1) is 13.8 Å². The molecule has 0 aliphatic carbocycles. The molecule has 8 heteroatoms. The van der Waals surface area contributed by atoms with Gasteiger partial charge in [0.05, 0.1) is 15.2 Å². The highest BCUT2D eigenvalue weighted by atomic mass is 35.5. The monoisotopic (exact) mass is 453 g/mol. The van der Waals surface area contributed by atoms with Gasteiger partial charge in [-0.15, -0.1) is 12.4 Å². The standard InChI is InChI=1S/C21H24ClN3O2S.ClH/c1-14-7-5-6-8-17(14)27-13-18(26)25(12-11-24(3)4)21-23-19-15(2)9-10-16(22)20(19)28-21;/h5-10H,11-13H2,1-4H3;1H. The Bertz CT molecular complexity index is 952. The third-order valence-electron chi connectivity index (χ3n) is 4.43. The maximum atomic E-state index is 13.0. The molecular formula is C21H25Cl2N3O2S. The first kappa shape index (κ1) is 23.4. The van der Waals surface area contributed by atoms with Crippen molar-refractivity contribution in [2.75, 3.05) is 38.7 Å². The Labute approximate surface area is 186 Å².